The van der Waals surface area contributed by atoms with Gasteiger partial charge in [-0.15, -0.1) is 0 Å². The lowest BCUT2D eigenvalue weighted by Gasteiger charge is -2.18. The van der Waals surface area contributed by atoms with Crippen LogP contribution in [-0.4, -0.2) is 36.5 Å². The molecule has 2 aromatic rings. The first-order valence-electron chi connectivity index (χ1n) is 8.47. The number of rotatable bonds is 10. The number of benzene rings is 2. The number of carbonyl (C=O) groups is 2. The summed E-state index contributed by atoms with van der Waals surface area (Å²) >= 11 is 1.64. The van der Waals surface area contributed by atoms with Gasteiger partial charge in [0.25, 0.3) is 5.91 Å². The second-order valence-corrected chi connectivity index (χ2v) is 6.69. The summed E-state index contributed by atoms with van der Waals surface area (Å²) in [4.78, 5) is 24.6. The molecule has 0 bridgehead atoms. The monoisotopic (exact) mass is 372 g/mol. The second-order valence-electron chi connectivity index (χ2n) is 5.71. The number of ether oxygens (including phenoxy) is 1. The lowest BCUT2D eigenvalue weighted by molar-refractivity contribution is -0.130. The molecule has 0 fully saturated rings. The zero-order valence-electron chi connectivity index (χ0n) is 14.8. The molecule has 0 aliphatic rings. The van der Waals surface area contributed by atoms with Gasteiger partial charge in [0.15, 0.2) is 6.61 Å². The van der Waals surface area contributed by atoms with Gasteiger partial charge in [0, 0.05) is 6.54 Å². The maximum absolute atomic E-state index is 12.5. The average molecular weight is 372 g/mol. The predicted molar refractivity (Wildman–Crippen MR) is 105 cm³/mol. The zero-order chi connectivity index (χ0) is 18.6. The molecule has 2 amide bonds. The molecule has 2 aromatic carbocycles. The molecule has 26 heavy (non-hydrogen) atoms. The van der Waals surface area contributed by atoms with Crippen molar-refractivity contribution in [1.82, 2.24) is 10.6 Å². The highest BCUT2D eigenvalue weighted by Crippen LogP contribution is 2.08. The molecule has 0 aromatic heterocycles. The van der Waals surface area contributed by atoms with Crippen molar-refractivity contribution in [2.24, 2.45) is 0 Å². The van der Waals surface area contributed by atoms with Crippen LogP contribution in [0.5, 0.6) is 5.75 Å². The van der Waals surface area contributed by atoms with Crippen LogP contribution in [0.15, 0.2) is 60.7 Å². The molecule has 0 saturated carbocycles. The second kappa shape index (κ2) is 11.2. The van der Waals surface area contributed by atoms with Gasteiger partial charge in [0.05, 0.1) is 0 Å². The Hall–Kier alpha value is -2.47. The summed E-state index contributed by atoms with van der Waals surface area (Å²) in [5.74, 6) is 0.908. The fraction of sp³-hybridized carbons (Fsp3) is 0.300. The van der Waals surface area contributed by atoms with Gasteiger partial charge in [-0.25, -0.2) is 0 Å². The molecule has 0 spiro atoms. The molecule has 2 rings (SSSR count). The number of nitrogens with one attached hydrogen (secondary N) is 2. The Kier molecular flexibility index (Phi) is 8.55. The van der Waals surface area contributed by atoms with E-state index in [4.69, 9.17) is 4.74 Å². The van der Waals surface area contributed by atoms with Crippen LogP contribution < -0.4 is 15.4 Å². The summed E-state index contributed by atoms with van der Waals surface area (Å²) in [6.45, 7) is 0.317. The molecule has 0 saturated heterocycles. The van der Waals surface area contributed by atoms with E-state index in [2.05, 4.69) is 10.6 Å². The van der Waals surface area contributed by atoms with Crippen LogP contribution >= 0.6 is 11.8 Å². The maximum atomic E-state index is 12.5. The van der Waals surface area contributed by atoms with Gasteiger partial charge in [-0.3, -0.25) is 9.59 Å². The van der Waals surface area contributed by atoms with Crippen LogP contribution in [-0.2, 0) is 16.1 Å². The highest BCUT2D eigenvalue weighted by Gasteiger charge is 2.20. The highest BCUT2D eigenvalue weighted by molar-refractivity contribution is 7.98. The van der Waals surface area contributed by atoms with Crippen LogP contribution in [0, 0.1) is 0 Å². The van der Waals surface area contributed by atoms with Crippen molar-refractivity contribution in [1.29, 1.82) is 0 Å². The molecule has 0 heterocycles. The number of hydrogen-bond acceptors (Lipinski definition) is 4. The molecule has 1 unspecified atom stereocenters. The largest absolute Gasteiger partial charge is 0.484 e. The summed E-state index contributed by atoms with van der Waals surface area (Å²) in [5, 5.41) is 5.65. The van der Waals surface area contributed by atoms with E-state index in [9.17, 15) is 9.59 Å². The van der Waals surface area contributed by atoms with Crippen LogP contribution in [0.1, 0.15) is 12.0 Å². The Bertz CT molecular complexity index is 680. The first-order valence-corrected chi connectivity index (χ1v) is 9.86. The Morgan fingerprint density at radius 1 is 1.04 bits per heavy atom. The fourth-order valence-electron chi connectivity index (χ4n) is 2.31. The first kappa shape index (κ1) is 19.8. The molecule has 2 N–H and O–H groups in total. The van der Waals surface area contributed by atoms with Crippen molar-refractivity contribution in [2.75, 3.05) is 18.6 Å². The van der Waals surface area contributed by atoms with E-state index in [1.807, 2.05) is 54.8 Å². The van der Waals surface area contributed by atoms with E-state index >= 15 is 0 Å². The summed E-state index contributed by atoms with van der Waals surface area (Å²) in [7, 11) is 0. The van der Waals surface area contributed by atoms with E-state index < -0.39 is 6.04 Å². The molecule has 5 nitrogen and oxygen atoms in total. The molecular formula is C20H24N2O3S. The minimum absolute atomic E-state index is 0.119. The Labute approximate surface area is 158 Å². The summed E-state index contributed by atoms with van der Waals surface area (Å²) in [6.07, 6.45) is 2.54. The van der Waals surface area contributed by atoms with Gasteiger partial charge in [-0.1, -0.05) is 48.5 Å². The van der Waals surface area contributed by atoms with Crippen molar-refractivity contribution in [3.8, 4) is 5.75 Å². The maximum Gasteiger partial charge on any atom is 0.258 e. The van der Waals surface area contributed by atoms with E-state index in [0.717, 1.165) is 11.3 Å². The minimum atomic E-state index is -0.571. The fourth-order valence-corrected chi connectivity index (χ4v) is 2.79. The number of carbonyl (C=O) groups excluding carboxylic acids is 2. The normalized spacial score (nSPS) is 11.4. The van der Waals surface area contributed by atoms with Crippen molar-refractivity contribution >= 4 is 23.6 Å². The van der Waals surface area contributed by atoms with Gasteiger partial charge >= 0.3 is 0 Å². The zero-order valence-corrected chi connectivity index (χ0v) is 15.6. The lowest BCUT2D eigenvalue weighted by Crippen LogP contribution is -2.48. The van der Waals surface area contributed by atoms with E-state index in [-0.39, 0.29) is 18.4 Å². The van der Waals surface area contributed by atoms with Gasteiger partial charge in [-0.05, 0) is 36.1 Å². The van der Waals surface area contributed by atoms with Crippen molar-refractivity contribution in [3.05, 3.63) is 66.2 Å². The van der Waals surface area contributed by atoms with Crippen molar-refractivity contribution in [2.45, 2.75) is 19.0 Å². The third-order valence-electron chi connectivity index (χ3n) is 3.69. The van der Waals surface area contributed by atoms with Crippen LogP contribution in [0.25, 0.3) is 0 Å². The molecular weight excluding hydrogens is 348 g/mol. The third kappa shape index (κ3) is 7.19. The number of para-hydroxylation sites is 1. The molecule has 1 atom stereocenters. The number of amides is 2. The smallest absolute Gasteiger partial charge is 0.258 e. The topological polar surface area (TPSA) is 67.4 Å². The predicted octanol–water partition coefficient (Wildman–Crippen LogP) is 2.62. The van der Waals surface area contributed by atoms with E-state index in [0.29, 0.717) is 18.7 Å². The molecule has 0 aliphatic heterocycles. The van der Waals surface area contributed by atoms with Crippen LogP contribution in [0.4, 0.5) is 0 Å². The Morgan fingerprint density at radius 2 is 1.69 bits per heavy atom. The number of hydrogen-bond donors (Lipinski definition) is 2. The van der Waals surface area contributed by atoms with E-state index in [1.165, 1.54) is 0 Å². The average Bonchev–Trinajstić information content (AvgIpc) is 2.69. The minimum Gasteiger partial charge on any atom is -0.484 e. The highest BCUT2D eigenvalue weighted by atomic mass is 32.2. The van der Waals surface area contributed by atoms with Gasteiger partial charge < -0.3 is 15.4 Å². The number of thioether (sulfide) groups is 1. The first-order chi connectivity index (χ1) is 12.7. The quantitative estimate of drug-likeness (QED) is 0.673. The SMILES string of the molecule is CSCCC(NC(=O)COc1ccccc1)C(=O)NCc1ccccc1. The lowest BCUT2D eigenvalue weighted by atomic mass is 10.2. The van der Waals surface area contributed by atoms with Gasteiger partial charge in [0.1, 0.15) is 11.8 Å². The Morgan fingerprint density at radius 3 is 2.35 bits per heavy atom. The summed E-state index contributed by atoms with van der Waals surface area (Å²) < 4.78 is 5.43. The van der Waals surface area contributed by atoms with Crippen LogP contribution in [0.3, 0.4) is 0 Å². The van der Waals surface area contributed by atoms with Crippen molar-refractivity contribution in [3.63, 3.8) is 0 Å². The Balaban J connectivity index is 1.84. The van der Waals surface area contributed by atoms with Gasteiger partial charge in [-0.2, -0.15) is 11.8 Å². The molecule has 0 radical (unpaired) electrons. The summed E-state index contributed by atoms with van der Waals surface area (Å²) in [5.41, 5.74) is 1.02. The molecule has 138 valence electrons. The standard InChI is InChI=1S/C20H24N2O3S/c1-26-13-12-18(20(24)21-14-16-8-4-2-5-9-16)22-19(23)15-25-17-10-6-3-7-11-17/h2-11,18H,12-15H2,1H3,(H,21,24)(H,22,23). The van der Waals surface area contributed by atoms with Gasteiger partial charge in [0.2, 0.25) is 5.91 Å². The van der Waals surface area contributed by atoms with Crippen LogP contribution in [0.2, 0.25) is 0 Å². The molecule has 0 aliphatic carbocycles. The third-order valence-corrected chi connectivity index (χ3v) is 4.33. The van der Waals surface area contributed by atoms with E-state index in [1.54, 1.807) is 23.9 Å². The van der Waals surface area contributed by atoms with Crippen molar-refractivity contribution < 1.29 is 14.3 Å². The summed E-state index contributed by atoms with van der Waals surface area (Å²) in [6, 6.07) is 18.2. The molecule has 6 heteroatoms.